The first-order chi connectivity index (χ1) is 11.0. The highest BCUT2D eigenvalue weighted by Gasteiger charge is 2.08. The normalized spacial score (nSPS) is 10.7. The Morgan fingerprint density at radius 3 is 2.61 bits per heavy atom. The van der Waals surface area contributed by atoms with Crippen molar-refractivity contribution in [2.75, 3.05) is 5.32 Å². The van der Waals surface area contributed by atoms with Gasteiger partial charge in [-0.25, -0.2) is 0 Å². The molecule has 0 aliphatic rings. The van der Waals surface area contributed by atoms with E-state index in [0.29, 0.717) is 5.39 Å². The first-order valence-corrected chi connectivity index (χ1v) is 7.97. The fourth-order valence-corrected chi connectivity index (χ4v) is 2.77. The van der Waals surface area contributed by atoms with Gasteiger partial charge < -0.3 is 9.88 Å². The number of aromatic nitrogens is 1. The van der Waals surface area contributed by atoms with Crippen molar-refractivity contribution in [3.05, 3.63) is 75.0 Å². The first-order valence-electron chi connectivity index (χ1n) is 7.18. The minimum absolute atomic E-state index is 0.0588. The van der Waals surface area contributed by atoms with Gasteiger partial charge in [0.1, 0.15) is 6.54 Å². The van der Waals surface area contributed by atoms with E-state index in [2.05, 4.69) is 21.2 Å². The molecule has 1 heterocycles. The number of anilines is 1. The minimum atomic E-state index is -0.137. The maximum absolute atomic E-state index is 12.2. The molecule has 3 rings (SSSR count). The van der Waals surface area contributed by atoms with E-state index in [0.717, 1.165) is 21.2 Å². The Hall–Kier alpha value is -2.40. The summed E-state index contributed by atoms with van der Waals surface area (Å²) >= 11 is 3.36. The van der Waals surface area contributed by atoms with E-state index >= 15 is 0 Å². The molecule has 23 heavy (non-hydrogen) atoms. The molecule has 0 fully saturated rings. The minimum Gasteiger partial charge on any atom is -0.338 e. The lowest BCUT2D eigenvalue weighted by Crippen LogP contribution is -2.20. The number of nitrogens with one attached hydrogen (secondary N) is 1. The smallest absolute Gasteiger partial charge is 0.244 e. The number of carbonyl (C=O) groups is 1. The molecular formula is C18H15BrN2O2. The molecule has 2 aromatic carbocycles. The van der Waals surface area contributed by atoms with Gasteiger partial charge in [0.2, 0.25) is 5.91 Å². The summed E-state index contributed by atoms with van der Waals surface area (Å²) in [5.41, 5.74) is 2.57. The fraction of sp³-hybridized carbons (Fsp3) is 0.111. The number of fused-ring (bicyclic) bond motifs is 1. The lowest BCUT2D eigenvalue weighted by molar-refractivity contribution is -0.116. The highest BCUT2D eigenvalue weighted by molar-refractivity contribution is 9.10. The molecule has 1 N–H and O–H groups in total. The average Bonchev–Trinajstić information content (AvgIpc) is 2.52. The third-order valence-electron chi connectivity index (χ3n) is 3.59. The second-order valence-corrected chi connectivity index (χ2v) is 6.30. The van der Waals surface area contributed by atoms with Gasteiger partial charge in [-0.1, -0.05) is 33.6 Å². The van der Waals surface area contributed by atoms with Crippen LogP contribution in [0.4, 0.5) is 5.69 Å². The number of carbonyl (C=O) groups excluding carboxylic acids is 1. The van der Waals surface area contributed by atoms with Crippen LogP contribution in [0.2, 0.25) is 0 Å². The summed E-state index contributed by atoms with van der Waals surface area (Å²) in [4.78, 5) is 24.2. The van der Waals surface area contributed by atoms with Crippen molar-refractivity contribution >= 4 is 38.4 Å². The van der Waals surface area contributed by atoms with E-state index in [-0.39, 0.29) is 17.9 Å². The number of halogens is 1. The predicted octanol–water partition coefficient (Wildman–Crippen LogP) is 3.71. The van der Waals surface area contributed by atoms with E-state index in [1.165, 1.54) is 6.07 Å². The van der Waals surface area contributed by atoms with Crippen LogP contribution < -0.4 is 10.7 Å². The Morgan fingerprint density at radius 1 is 1.13 bits per heavy atom. The van der Waals surface area contributed by atoms with Crippen LogP contribution in [-0.4, -0.2) is 10.5 Å². The summed E-state index contributed by atoms with van der Waals surface area (Å²) in [6.45, 7) is 2.14. The molecule has 0 saturated carbocycles. The van der Waals surface area contributed by atoms with Gasteiger partial charge >= 0.3 is 0 Å². The fourth-order valence-electron chi connectivity index (χ4n) is 2.41. The molecular weight excluding hydrogens is 356 g/mol. The van der Waals surface area contributed by atoms with Crippen molar-refractivity contribution in [2.24, 2.45) is 0 Å². The van der Waals surface area contributed by atoms with E-state index in [4.69, 9.17) is 0 Å². The van der Waals surface area contributed by atoms with E-state index in [1.807, 2.05) is 43.3 Å². The molecule has 116 valence electrons. The van der Waals surface area contributed by atoms with Crippen LogP contribution in [0.1, 0.15) is 5.56 Å². The Morgan fingerprint density at radius 2 is 1.87 bits per heavy atom. The van der Waals surface area contributed by atoms with Gasteiger partial charge in [0.15, 0.2) is 5.43 Å². The highest BCUT2D eigenvalue weighted by Crippen LogP contribution is 2.17. The number of benzene rings is 2. The molecule has 0 saturated heterocycles. The van der Waals surface area contributed by atoms with Gasteiger partial charge in [-0.2, -0.15) is 0 Å². The Labute approximate surface area is 141 Å². The number of amides is 1. The molecule has 1 aromatic heterocycles. The van der Waals surface area contributed by atoms with Gasteiger partial charge in [0, 0.05) is 27.8 Å². The lowest BCUT2D eigenvalue weighted by Gasteiger charge is -2.11. The zero-order valence-corrected chi connectivity index (χ0v) is 14.1. The van der Waals surface area contributed by atoms with Gasteiger partial charge in [-0.05, 0) is 37.3 Å². The molecule has 0 aliphatic carbocycles. The number of pyridine rings is 1. The third-order valence-corrected chi connectivity index (χ3v) is 4.08. The van der Waals surface area contributed by atoms with Gasteiger partial charge in [-0.15, -0.1) is 0 Å². The van der Waals surface area contributed by atoms with Crippen molar-refractivity contribution in [1.82, 2.24) is 4.57 Å². The Balaban J connectivity index is 1.86. The van der Waals surface area contributed by atoms with Crippen molar-refractivity contribution in [3.63, 3.8) is 0 Å². The standard InChI is InChI=1S/C18H15BrN2O2/c1-12-2-5-14(6-3-12)20-18(23)11-21-9-8-17(22)15-10-13(19)4-7-16(15)21/h2-10H,11H2,1H3,(H,20,23). The molecule has 0 unspecified atom stereocenters. The van der Waals surface area contributed by atoms with Crippen LogP contribution in [0.3, 0.4) is 0 Å². The monoisotopic (exact) mass is 370 g/mol. The molecule has 0 bridgehead atoms. The van der Waals surface area contributed by atoms with Crippen LogP contribution in [0.5, 0.6) is 0 Å². The highest BCUT2D eigenvalue weighted by atomic mass is 79.9. The number of aryl methyl sites for hydroxylation is 1. The SMILES string of the molecule is Cc1ccc(NC(=O)Cn2ccc(=O)c3cc(Br)ccc32)cc1. The Bertz CT molecular complexity index is 930. The zero-order chi connectivity index (χ0) is 16.4. The summed E-state index contributed by atoms with van der Waals surface area (Å²) < 4.78 is 2.61. The summed E-state index contributed by atoms with van der Waals surface area (Å²) in [6, 6.07) is 14.6. The van der Waals surface area contributed by atoms with Gasteiger partial charge in [0.25, 0.3) is 0 Å². The largest absolute Gasteiger partial charge is 0.338 e. The summed E-state index contributed by atoms with van der Waals surface area (Å²) in [6.07, 6.45) is 1.65. The summed E-state index contributed by atoms with van der Waals surface area (Å²) in [7, 11) is 0. The van der Waals surface area contributed by atoms with Crippen LogP contribution in [0.25, 0.3) is 10.9 Å². The van der Waals surface area contributed by atoms with Crippen LogP contribution in [-0.2, 0) is 11.3 Å². The number of hydrogen-bond acceptors (Lipinski definition) is 2. The summed E-state index contributed by atoms with van der Waals surface area (Å²) in [5.74, 6) is -0.137. The van der Waals surface area contributed by atoms with Gasteiger partial charge in [-0.3, -0.25) is 9.59 Å². The molecule has 3 aromatic rings. The number of hydrogen-bond donors (Lipinski definition) is 1. The number of rotatable bonds is 3. The number of nitrogens with zero attached hydrogens (tertiary/aromatic N) is 1. The first kappa shape index (κ1) is 15.5. The topological polar surface area (TPSA) is 51.1 Å². The molecule has 0 atom stereocenters. The van der Waals surface area contributed by atoms with Crippen LogP contribution in [0.15, 0.2) is 64.0 Å². The maximum Gasteiger partial charge on any atom is 0.244 e. The van der Waals surface area contributed by atoms with Crippen LogP contribution >= 0.6 is 15.9 Å². The van der Waals surface area contributed by atoms with E-state index in [9.17, 15) is 9.59 Å². The quantitative estimate of drug-likeness (QED) is 0.763. The lowest BCUT2D eigenvalue weighted by atomic mass is 10.2. The molecule has 0 radical (unpaired) electrons. The van der Waals surface area contributed by atoms with E-state index in [1.54, 1.807) is 16.8 Å². The molecule has 4 nitrogen and oxygen atoms in total. The second kappa shape index (κ2) is 6.38. The molecule has 0 aliphatic heterocycles. The maximum atomic E-state index is 12.2. The molecule has 0 spiro atoms. The predicted molar refractivity (Wildman–Crippen MR) is 95.7 cm³/mol. The molecule has 5 heteroatoms. The van der Waals surface area contributed by atoms with Crippen molar-refractivity contribution in [2.45, 2.75) is 13.5 Å². The third kappa shape index (κ3) is 3.51. The second-order valence-electron chi connectivity index (χ2n) is 5.38. The van der Waals surface area contributed by atoms with Gasteiger partial charge in [0.05, 0.1) is 5.52 Å². The Kier molecular flexibility index (Phi) is 4.30. The zero-order valence-electron chi connectivity index (χ0n) is 12.5. The van der Waals surface area contributed by atoms with Crippen molar-refractivity contribution in [1.29, 1.82) is 0 Å². The van der Waals surface area contributed by atoms with E-state index < -0.39 is 0 Å². The molecule has 1 amide bonds. The van der Waals surface area contributed by atoms with Crippen molar-refractivity contribution < 1.29 is 4.79 Å². The van der Waals surface area contributed by atoms with Crippen LogP contribution in [0, 0.1) is 6.92 Å². The average molecular weight is 371 g/mol. The van der Waals surface area contributed by atoms with Crippen molar-refractivity contribution in [3.8, 4) is 0 Å². The summed E-state index contributed by atoms with van der Waals surface area (Å²) in [5, 5.41) is 3.45.